The number of hydrazine groups is 1. The molecule has 1 heterocycles. The average Bonchev–Trinajstić information content (AvgIpc) is 2.12. The minimum absolute atomic E-state index is 0.647. The molecular formula is C4H9N2O3P-2. The van der Waals surface area contributed by atoms with Gasteiger partial charge in [-0.15, -0.1) is 0 Å². The predicted octanol–water partition coefficient (Wildman–Crippen LogP) is -1.58. The minimum Gasteiger partial charge on any atom is -0.799 e. The summed E-state index contributed by atoms with van der Waals surface area (Å²) in [6.45, 7) is 1.29. The molecule has 1 aliphatic rings. The molecule has 0 radical (unpaired) electrons. The third kappa shape index (κ3) is 2.77. The molecule has 0 aromatic heterocycles. The van der Waals surface area contributed by atoms with Gasteiger partial charge in [-0.1, -0.05) is 0 Å². The van der Waals surface area contributed by atoms with E-state index in [0.29, 0.717) is 13.1 Å². The van der Waals surface area contributed by atoms with Crippen molar-refractivity contribution in [2.45, 2.75) is 12.8 Å². The van der Waals surface area contributed by atoms with Crippen LogP contribution in [0.2, 0.25) is 0 Å². The van der Waals surface area contributed by atoms with E-state index in [9.17, 15) is 14.4 Å². The second-order valence-corrected chi connectivity index (χ2v) is 3.49. The number of rotatable bonds is 2. The number of nitrogens with zero attached hydrogens (tertiary/aromatic N) is 1. The fourth-order valence-electron chi connectivity index (χ4n) is 0.990. The lowest BCUT2D eigenvalue weighted by molar-refractivity contribution is -0.321. The van der Waals surface area contributed by atoms with Gasteiger partial charge in [0.25, 0.3) is 0 Å². The molecule has 5 nitrogen and oxygen atoms in total. The molecule has 1 rings (SSSR count). The molecular weight excluding hydrogens is 155 g/mol. The molecule has 0 spiro atoms. The summed E-state index contributed by atoms with van der Waals surface area (Å²) in [6, 6.07) is 0. The van der Waals surface area contributed by atoms with E-state index in [4.69, 9.17) is 0 Å². The smallest absolute Gasteiger partial charge is 0.0134 e. The Hall–Kier alpha value is 0.0700. The van der Waals surface area contributed by atoms with E-state index in [1.165, 1.54) is 5.01 Å². The second kappa shape index (κ2) is 2.98. The summed E-state index contributed by atoms with van der Waals surface area (Å²) in [5.41, 5.74) is 0. The Morgan fingerprint density at radius 2 is 1.80 bits per heavy atom. The molecule has 0 aliphatic carbocycles. The summed E-state index contributed by atoms with van der Waals surface area (Å²) in [7, 11) is -4.54. The lowest BCUT2D eigenvalue weighted by Gasteiger charge is -2.34. The molecule has 6 heteroatoms. The summed E-state index contributed by atoms with van der Waals surface area (Å²) in [4.78, 5) is 20.2. The van der Waals surface area contributed by atoms with Crippen LogP contribution in [0.4, 0.5) is 0 Å². The Labute approximate surface area is 59.2 Å². The maximum absolute atomic E-state index is 10.1. The van der Waals surface area contributed by atoms with E-state index >= 15 is 0 Å². The maximum atomic E-state index is 10.1. The molecule has 0 aromatic rings. The van der Waals surface area contributed by atoms with Crippen molar-refractivity contribution in [2.75, 3.05) is 13.1 Å². The predicted molar refractivity (Wildman–Crippen MR) is 31.5 cm³/mol. The van der Waals surface area contributed by atoms with Gasteiger partial charge in [0.1, 0.15) is 0 Å². The zero-order valence-electron chi connectivity index (χ0n) is 5.45. The van der Waals surface area contributed by atoms with Crippen LogP contribution in [-0.2, 0) is 4.57 Å². The van der Waals surface area contributed by atoms with Crippen LogP contribution in [0.1, 0.15) is 12.8 Å². The van der Waals surface area contributed by atoms with Gasteiger partial charge in [-0.3, -0.25) is 0 Å². The highest BCUT2D eigenvalue weighted by Crippen LogP contribution is 2.18. The Kier molecular flexibility index (Phi) is 2.44. The maximum Gasteiger partial charge on any atom is 0.0134 e. The first-order valence-electron chi connectivity index (χ1n) is 3.13. The quantitative estimate of drug-likeness (QED) is 0.498. The molecule has 1 N–H and O–H groups in total. The van der Waals surface area contributed by atoms with Crippen molar-refractivity contribution in [3.8, 4) is 0 Å². The Morgan fingerprint density at radius 3 is 2.20 bits per heavy atom. The lowest BCUT2D eigenvalue weighted by atomic mass is 10.4. The zero-order chi connectivity index (χ0) is 7.61. The standard InChI is InChI=1S/C4H11N2O3P/c7-10(8,9)5-6-3-1-2-4-6/h1-4H2,(H3,5,7,8,9)/p-2. The highest BCUT2D eigenvalue weighted by molar-refractivity contribution is 7.46. The number of hydrogen-bond acceptors (Lipinski definition) is 4. The second-order valence-electron chi connectivity index (χ2n) is 2.29. The third-order valence-electron chi connectivity index (χ3n) is 1.37. The van der Waals surface area contributed by atoms with Crippen LogP contribution >= 0.6 is 7.75 Å². The molecule has 0 atom stereocenters. The molecule has 10 heavy (non-hydrogen) atoms. The van der Waals surface area contributed by atoms with Gasteiger partial charge < -0.3 is 14.4 Å². The van der Waals surface area contributed by atoms with Gasteiger partial charge in [-0.05, 0) is 12.8 Å². The molecule has 1 aliphatic heterocycles. The Bertz CT molecular complexity index is 151. The van der Waals surface area contributed by atoms with Crippen molar-refractivity contribution >= 4 is 7.75 Å². The molecule has 0 saturated carbocycles. The normalized spacial score (nSPS) is 21.8. The topological polar surface area (TPSA) is 78.5 Å². The van der Waals surface area contributed by atoms with Crippen LogP contribution in [0.3, 0.4) is 0 Å². The van der Waals surface area contributed by atoms with Crippen molar-refractivity contribution in [1.29, 1.82) is 0 Å². The average molecular weight is 164 g/mol. The molecule has 0 aromatic carbocycles. The highest BCUT2D eigenvalue weighted by atomic mass is 31.2. The molecule has 0 amide bonds. The van der Waals surface area contributed by atoms with Gasteiger partial charge in [0.2, 0.25) is 0 Å². The largest absolute Gasteiger partial charge is 0.799 e. The summed E-state index contributed by atoms with van der Waals surface area (Å²) in [5, 5.41) is 3.33. The first-order chi connectivity index (χ1) is 4.58. The van der Waals surface area contributed by atoms with Crippen LogP contribution in [0.5, 0.6) is 0 Å². The van der Waals surface area contributed by atoms with Gasteiger partial charge in [-0.2, -0.15) is 0 Å². The van der Waals surface area contributed by atoms with Crippen molar-refractivity contribution in [1.82, 2.24) is 10.2 Å². The highest BCUT2D eigenvalue weighted by Gasteiger charge is 2.10. The number of hydrogen-bond donors (Lipinski definition) is 1. The van der Waals surface area contributed by atoms with Crippen LogP contribution in [0, 0.1) is 0 Å². The van der Waals surface area contributed by atoms with E-state index in [1.54, 1.807) is 0 Å². The van der Waals surface area contributed by atoms with Crippen molar-refractivity contribution < 1.29 is 14.4 Å². The summed E-state index contributed by atoms with van der Waals surface area (Å²) in [6.07, 6.45) is 1.90. The number of nitrogens with one attached hydrogen (secondary N) is 1. The van der Waals surface area contributed by atoms with E-state index < -0.39 is 7.75 Å². The third-order valence-corrected chi connectivity index (χ3v) is 1.90. The van der Waals surface area contributed by atoms with E-state index in [0.717, 1.165) is 12.8 Å². The van der Waals surface area contributed by atoms with Crippen LogP contribution < -0.4 is 15.0 Å². The van der Waals surface area contributed by atoms with Crippen molar-refractivity contribution in [2.24, 2.45) is 0 Å². The summed E-state index contributed by atoms with van der Waals surface area (Å²) < 4.78 is 10.1. The van der Waals surface area contributed by atoms with Gasteiger partial charge in [0, 0.05) is 20.8 Å². The summed E-state index contributed by atoms with van der Waals surface area (Å²) in [5.74, 6) is 0. The summed E-state index contributed by atoms with van der Waals surface area (Å²) >= 11 is 0. The minimum atomic E-state index is -4.54. The monoisotopic (exact) mass is 164 g/mol. The molecule has 60 valence electrons. The molecule has 0 unspecified atom stereocenters. The molecule has 0 bridgehead atoms. The van der Waals surface area contributed by atoms with Gasteiger partial charge in [0.15, 0.2) is 0 Å². The van der Waals surface area contributed by atoms with Crippen LogP contribution in [-0.4, -0.2) is 18.1 Å². The van der Waals surface area contributed by atoms with Crippen LogP contribution in [0.25, 0.3) is 0 Å². The fourth-order valence-corrected chi connectivity index (χ4v) is 1.54. The lowest BCUT2D eigenvalue weighted by Crippen LogP contribution is -2.40. The van der Waals surface area contributed by atoms with E-state index in [-0.39, 0.29) is 0 Å². The Morgan fingerprint density at radius 1 is 1.30 bits per heavy atom. The van der Waals surface area contributed by atoms with Crippen LogP contribution in [0.15, 0.2) is 0 Å². The zero-order valence-corrected chi connectivity index (χ0v) is 6.34. The van der Waals surface area contributed by atoms with E-state index in [2.05, 4.69) is 0 Å². The van der Waals surface area contributed by atoms with Crippen molar-refractivity contribution in [3.63, 3.8) is 0 Å². The molecule has 1 saturated heterocycles. The Balaban J connectivity index is 2.31. The fraction of sp³-hybridized carbons (Fsp3) is 1.00. The van der Waals surface area contributed by atoms with Gasteiger partial charge in [0.05, 0.1) is 0 Å². The van der Waals surface area contributed by atoms with Gasteiger partial charge in [-0.25, -0.2) is 10.2 Å². The molecule has 1 fully saturated rings. The first kappa shape index (κ1) is 8.17. The van der Waals surface area contributed by atoms with Gasteiger partial charge >= 0.3 is 0 Å². The SMILES string of the molecule is O=P([O-])([O-])NN1CCCC1. The van der Waals surface area contributed by atoms with Crippen molar-refractivity contribution in [3.05, 3.63) is 0 Å². The van der Waals surface area contributed by atoms with E-state index in [1.807, 2.05) is 5.20 Å². The first-order valence-corrected chi connectivity index (χ1v) is 4.67.